The van der Waals surface area contributed by atoms with E-state index in [9.17, 15) is 8.42 Å². The van der Waals surface area contributed by atoms with Gasteiger partial charge in [0.1, 0.15) is 4.21 Å². The molecule has 120 valence electrons. The van der Waals surface area contributed by atoms with E-state index < -0.39 is 10.0 Å². The van der Waals surface area contributed by atoms with Gasteiger partial charge in [-0.3, -0.25) is 0 Å². The Kier molecular flexibility index (Phi) is 5.82. The molecular weight excluding hydrogens is 304 g/mol. The third-order valence-electron chi connectivity index (χ3n) is 3.57. The number of hydrogen-bond acceptors (Lipinski definition) is 4. The van der Waals surface area contributed by atoms with Crippen molar-refractivity contribution in [2.24, 2.45) is 5.92 Å². The fourth-order valence-corrected chi connectivity index (χ4v) is 5.15. The minimum absolute atomic E-state index is 0.399. The van der Waals surface area contributed by atoms with Gasteiger partial charge in [-0.15, -0.1) is 11.3 Å². The quantitative estimate of drug-likeness (QED) is 0.757. The maximum Gasteiger partial charge on any atom is 0.252 e. The molecule has 0 atom stereocenters. The van der Waals surface area contributed by atoms with Crippen LogP contribution in [0, 0.1) is 5.92 Å². The van der Waals surface area contributed by atoms with Crippen LogP contribution in [0.5, 0.6) is 0 Å². The molecule has 1 aromatic rings. The molecule has 0 bridgehead atoms. The van der Waals surface area contributed by atoms with Crippen LogP contribution in [0.2, 0.25) is 0 Å². The van der Waals surface area contributed by atoms with Crippen LogP contribution in [-0.2, 0) is 16.6 Å². The summed E-state index contributed by atoms with van der Waals surface area (Å²) in [6, 6.07) is 2.22. The lowest BCUT2D eigenvalue weighted by Crippen LogP contribution is -2.33. The van der Waals surface area contributed by atoms with Gasteiger partial charge in [-0.25, -0.2) is 8.42 Å². The molecule has 1 heterocycles. The molecule has 21 heavy (non-hydrogen) atoms. The summed E-state index contributed by atoms with van der Waals surface area (Å²) >= 11 is 1.34. The molecule has 0 amide bonds. The molecule has 1 aliphatic rings. The Morgan fingerprint density at radius 2 is 2.14 bits per heavy atom. The standard InChI is InChI=1S/C15H26N2O2S2/c1-4-7-17(10-13-5-6-13)21(18,19)15-8-14(11-20-15)9-16-12(2)3/h8,11-13,16H,4-7,9-10H2,1-3H3. The Bertz CT molecular complexity index is 548. The second kappa shape index (κ2) is 7.22. The fourth-order valence-electron chi connectivity index (χ4n) is 2.18. The normalized spacial score (nSPS) is 16.0. The molecule has 1 aliphatic carbocycles. The maximum absolute atomic E-state index is 12.8. The Morgan fingerprint density at radius 3 is 2.71 bits per heavy atom. The van der Waals surface area contributed by atoms with Gasteiger partial charge >= 0.3 is 0 Å². The minimum atomic E-state index is -3.31. The molecule has 0 aliphatic heterocycles. The highest BCUT2D eigenvalue weighted by Gasteiger charge is 2.31. The van der Waals surface area contributed by atoms with Crippen LogP contribution < -0.4 is 5.32 Å². The first-order valence-corrected chi connectivity index (χ1v) is 10.1. The van der Waals surface area contributed by atoms with E-state index in [4.69, 9.17) is 0 Å². The monoisotopic (exact) mass is 330 g/mol. The Labute approximate surface area is 132 Å². The van der Waals surface area contributed by atoms with Gasteiger partial charge in [0.05, 0.1) is 0 Å². The molecule has 1 aromatic heterocycles. The number of sulfonamides is 1. The van der Waals surface area contributed by atoms with Crippen LogP contribution >= 0.6 is 11.3 Å². The van der Waals surface area contributed by atoms with Gasteiger partial charge < -0.3 is 5.32 Å². The molecule has 6 heteroatoms. The lowest BCUT2D eigenvalue weighted by Gasteiger charge is -2.20. The molecule has 0 aromatic carbocycles. The summed E-state index contributed by atoms with van der Waals surface area (Å²) in [4.78, 5) is 0. The van der Waals surface area contributed by atoms with Gasteiger partial charge in [-0.05, 0) is 42.2 Å². The van der Waals surface area contributed by atoms with E-state index in [0.29, 0.717) is 29.3 Å². The molecule has 4 nitrogen and oxygen atoms in total. The predicted octanol–water partition coefficient (Wildman–Crippen LogP) is 3.06. The number of thiophene rings is 1. The number of nitrogens with zero attached hydrogens (tertiary/aromatic N) is 1. The summed E-state index contributed by atoms with van der Waals surface area (Å²) in [5.74, 6) is 0.577. The Balaban J connectivity index is 2.09. The zero-order valence-electron chi connectivity index (χ0n) is 13.1. The largest absolute Gasteiger partial charge is 0.310 e. The van der Waals surface area contributed by atoms with Crippen LogP contribution in [0.3, 0.4) is 0 Å². The average molecular weight is 331 g/mol. The van der Waals surface area contributed by atoms with E-state index >= 15 is 0 Å². The third kappa shape index (κ3) is 4.77. The van der Waals surface area contributed by atoms with E-state index in [1.54, 1.807) is 4.31 Å². The van der Waals surface area contributed by atoms with Gasteiger partial charge in [0, 0.05) is 25.7 Å². The van der Waals surface area contributed by atoms with E-state index in [1.165, 1.54) is 24.2 Å². The molecular formula is C15H26N2O2S2. The number of hydrogen-bond donors (Lipinski definition) is 1. The second-order valence-corrected chi connectivity index (χ2v) is 9.19. The van der Waals surface area contributed by atoms with Gasteiger partial charge in [-0.2, -0.15) is 4.31 Å². The first kappa shape index (κ1) is 16.9. The van der Waals surface area contributed by atoms with Crippen molar-refractivity contribution < 1.29 is 8.42 Å². The number of rotatable bonds is 9. The third-order valence-corrected chi connectivity index (χ3v) is 6.90. The summed E-state index contributed by atoms with van der Waals surface area (Å²) in [7, 11) is -3.31. The van der Waals surface area contributed by atoms with Gasteiger partial charge in [0.15, 0.2) is 0 Å². The highest BCUT2D eigenvalue weighted by Crippen LogP contribution is 2.32. The van der Waals surface area contributed by atoms with Gasteiger partial charge in [-0.1, -0.05) is 20.8 Å². The summed E-state index contributed by atoms with van der Waals surface area (Å²) in [6.45, 7) is 8.23. The van der Waals surface area contributed by atoms with Crippen molar-refractivity contribution in [1.82, 2.24) is 9.62 Å². The molecule has 0 radical (unpaired) electrons. The van der Waals surface area contributed by atoms with Crippen molar-refractivity contribution in [3.05, 3.63) is 17.0 Å². The van der Waals surface area contributed by atoms with E-state index in [-0.39, 0.29) is 0 Å². The van der Waals surface area contributed by atoms with Crippen LogP contribution in [0.25, 0.3) is 0 Å². The van der Waals surface area contributed by atoms with Crippen molar-refractivity contribution in [3.63, 3.8) is 0 Å². The fraction of sp³-hybridized carbons (Fsp3) is 0.733. The highest BCUT2D eigenvalue weighted by atomic mass is 32.2. The van der Waals surface area contributed by atoms with Crippen molar-refractivity contribution in [1.29, 1.82) is 0 Å². The Morgan fingerprint density at radius 1 is 1.43 bits per heavy atom. The van der Waals surface area contributed by atoms with Crippen LogP contribution in [-0.4, -0.2) is 31.9 Å². The molecule has 2 rings (SSSR count). The van der Waals surface area contributed by atoms with E-state index in [2.05, 4.69) is 19.2 Å². The minimum Gasteiger partial charge on any atom is -0.310 e. The van der Waals surface area contributed by atoms with Crippen molar-refractivity contribution in [2.45, 2.75) is 56.8 Å². The van der Waals surface area contributed by atoms with Crippen molar-refractivity contribution in [2.75, 3.05) is 13.1 Å². The van der Waals surface area contributed by atoms with Crippen LogP contribution in [0.1, 0.15) is 45.6 Å². The highest BCUT2D eigenvalue weighted by molar-refractivity contribution is 7.91. The van der Waals surface area contributed by atoms with Gasteiger partial charge in [0.2, 0.25) is 0 Å². The first-order chi connectivity index (χ1) is 9.93. The van der Waals surface area contributed by atoms with Crippen molar-refractivity contribution in [3.8, 4) is 0 Å². The summed E-state index contributed by atoms with van der Waals surface area (Å²) < 4.78 is 27.7. The van der Waals surface area contributed by atoms with E-state index in [0.717, 1.165) is 18.5 Å². The summed E-state index contributed by atoms with van der Waals surface area (Å²) in [6.07, 6.45) is 3.20. The molecule has 1 fully saturated rings. The summed E-state index contributed by atoms with van der Waals surface area (Å²) in [5.41, 5.74) is 1.05. The first-order valence-electron chi connectivity index (χ1n) is 7.74. The predicted molar refractivity (Wildman–Crippen MR) is 88.1 cm³/mol. The maximum atomic E-state index is 12.8. The molecule has 0 spiro atoms. The Hall–Kier alpha value is -0.430. The topological polar surface area (TPSA) is 49.4 Å². The van der Waals surface area contributed by atoms with E-state index in [1.807, 2.05) is 18.4 Å². The van der Waals surface area contributed by atoms with Crippen molar-refractivity contribution >= 4 is 21.4 Å². The smallest absolute Gasteiger partial charge is 0.252 e. The van der Waals surface area contributed by atoms with Crippen LogP contribution in [0.15, 0.2) is 15.7 Å². The molecule has 1 N–H and O–H groups in total. The second-order valence-electron chi connectivity index (χ2n) is 6.12. The number of nitrogens with one attached hydrogen (secondary N) is 1. The van der Waals surface area contributed by atoms with Crippen LogP contribution in [0.4, 0.5) is 0 Å². The average Bonchev–Trinajstić information content (AvgIpc) is 3.10. The molecule has 0 saturated heterocycles. The lowest BCUT2D eigenvalue weighted by atomic mass is 10.3. The SMILES string of the molecule is CCCN(CC1CC1)S(=O)(=O)c1cc(CNC(C)C)cs1. The zero-order valence-corrected chi connectivity index (χ0v) is 14.8. The molecule has 0 unspecified atom stereocenters. The summed E-state index contributed by atoms with van der Waals surface area (Å²) in [5, 5.41) is 5.27. The zero-order chi connectivity index (χ0) is 15.5. The van der Waals surface area contributed by atoms with Gasteiger partial charge in [0.25, 0.3) is 10.0 Å². The lowest BCUT2D eigenvalue weighted by molar-refractivity contribution is 0.397. The molecule has 1 saturated carbocycles.